The number of carbonyl (C=O) groups is 1. The molecule has 4 nitrogen and oxygen atoms in total. The van der Waals surface area contributed by atoms with Crippen LogP contribution in [0.2, 0.25) is 0 Å². The van der Waals surface area contributed by atoms with Gasteiger partial charge in [0.2, 0.25) is 5.91 Å². The first-order valence-corrected chi connectivity index (χ1v) is 8.95. The van der Waals surface area contributed by atoms with Crippen molar-refractivity contribution in [1.29, 1.82) is 0 Å². The maximum absolute atomic E-state index is 12.4. The number of hydrogen-bond acceptors (Lipinski definition) is 3. The molecule has 0 bridgehead atoms. The SMILES string of the molecule is Cc1ccc(C(N)C(=O)NC2CCN(c3ccc(Br)cc3)C2)cc1.Cl.Cl. The van der Waals surface area contributed by atoms with Gasteiger partial charge in [-0.1, -0.05) is 45.8 Å². The standard InChI is InChI=1S/C19H22BrN3O.2ClH/c1-13-2-4-14(5-3-13)18(21)19(24)22-16-10-11-23(12-16)17-8-6-15(20)7-9-17;;/h2-9,16,18H,10-12,21H2,1H3,(H,22,24);2*1H. The number of benzene rings is 2. The van der Waals surface area contributed by atoms with Gasteiger partial charge in [0, 0.05) is 29.3 Å². The van der Waals surface area contributed by atoms with Crippen molar-refractivity contribution in [1.82, 2.24) is 5.32 Å². The first-order chi connectivity index (χ1) is 11.5. The first kappa shape index (κ1) is 22.8. The third kappa shape index (κ3) is 5.61. The molecule has 2 aromatic rings. The molecule has 2 unspecified atom stereocenters. The van der Waals surface area contributed by atoms with Crippen LogP contribution in [0.5, 0.6) is 0 Å². The fourth-order valence-electron chi connectivity index (χ4n) is 2.98. The summed E-state index contributed by atoms with van der Waals surface area (Å²) in [5.74, 6) is -0.110. The number of rotatable bonds is 4. The van der Waals surface area contributed by atoms with Gasteiger partial charge in [0.05, 0.1) is 0 Å². The van der Waals surface area contributed by atoms with Gasteiger partial charge >= 0.3 is 0 Å². The summed E-state index contributed by atoms with van der Waals surface area (Å²) in [4.78, 5) is 14.7. The van der Waals surface area contributed by atoms with E-state index in [1.54, 1.807) is 0 Å². The van der Waals surface area contributed by atoms with Gasteiger partial charge in [0.15, 0.2) is 0 Å². The van der Waals surface area contributed by atoms with Gasteiger partial charge in [-0.2, -0.15) is 0 Å². The molecule has 1 aliphatic heterocycles. The molecule has 1 amide bonds. The zero-order valence-corrected chi connectivity index (χ0v) is 17.7. The Morgan fingerprint density at radius 1 is 1.15 bits per heavy atom. The maximum Gasteiger partial charge on any atom is 0.241 e. The Bertz CT molecular complexity index is 710. The van der Waals surface area contributed by atoms with Crippen LogP contribution >= 0.6 is 40.7 Å². The van der Waals surface area contributed by atoms with Crippen molar-refractivity contribution in [3.05, 3.63) is 64.1 Å². The highest BCUT2D eigenvalue weighted by Crippen LogP contribution is 2.23. The molecule has 2 aromatic carbocycles. The lowest BCUT2D eigenvalue weighted by Gasteiger charge is -2.20. The molecule has 1 saturated heterocycles. The summed E-state index contributed by atoms with van der Waals surface area (Å²) in [5.41, 5.74) is 9.28. The highest BCUT2D eigenvalue weighted by atomic mass is 79.9. The summed E-state index contributed by atoms with van der Waals surface area (Å²) in [5, 5.41) is 3.09. The van der Waals surface area contributed by atoms with E-state index >= 15 is 0 Å². The summed E-state index contributed by atoms with van der Waals surface area (Å²) in [7, 11) is 0. The Kier molecular flexibility index (Phi) is 8.90. The van der Waals surface area contributed by atoms with Gasteiger partial charge in [-0.05, 0) is 43.2 Å². The number of hydrogen-bond donors (Lipinski definition) is 2. The van der Waals surface area contributed by atoms with Crippen LogP contribution in [0.3, 0.4) is 0 Å². The fourth-order valence-corrected chi connectivity index (χ4v) is 3.24. The summed E-state index contributed by atoms with van der Waals surface area (Å²) in [6, 6.07) is 15.6. The van der Waals surface area contributed by atoms with Gasteiger partial charge in [-0.25, -0.2) is 0 Å². The van der Waals surface area contributed by atoms with Gasteiger partial charge < -0.3 is 16.0 Å². The predicted octanol–water partition coefficient (Wildman–Crippen LogP) is 4.00. The summed E-state index contributed by atoms with van der Waals surface area (Å²) >= 11 is 3.45. The Morgan fingerprint density at radius 3 is 2.38 bits per heavy atom. The molecule has 26 heavy (non-hydrogen) atoms. The average molecular weight is 461 g/mol. The van der Waals surface area contributed by atoms with Crippen molar-refractivity contribution in [2.75, 3.05) is 18.0 Å². The molecule has 0 aromatic heterocycles. The lowest BCUT2D eigenvalue weighted by Crippen LogP contribution is -2.42. The highest BCUT2D eigenvalue weighted by Gasteiger charge is 2.26. The van der Waals surface area contributed by atoms with Gasteiger partial charge in [-0.15, -0.1) is 24.8 Å². The number of nitrogens with zero attached hydrogens (tertiary/aromatic N) is 1. The number of halogens is 3. The van der Waals surface area contributed by atoms with E-state index in [1.165, 1.54) is 5.69 Å². The minimum Gasteiger partial charge on any atom is -0.369 e. The first-order valence-electron chi connectivity index (χ1n) is 8.16. The van der Waals surface area contributed by atoms with Crippen LogP contribution in [0.4, 0.5) is 5.69 Å². The lowest BCUT2D eigenvalue weighted by atomic mass is 10.0. The second kappa shape index (κ2) is 10.2. The molecule has 2 atom stereocenters. The molecule has 1 fully saturated rings. The van der Waals surface area contributed by atoms with E-state index in [4.69, 9.17) is 5.73 Å². The monoisotopic (exact) mass is 459 g/mol. The second-order valence-electron chi connectivity index (χ2n) is 6.30. The van der Waals surface area contributed by atoms with Gasteiger partial charge in [-0.3, -0.25) is 4.79 Å². The van der Waals surface area contributed by atoms with Gasteiger partial charge in [0.25, 0.3) is 0 Å². The Labute approximate surface area is 175 Å². The fraction of sp³-hybridized carbons (Fsp3) is 0.316. The maximum atomic E-state index is 12.4. The van der Waals surface area contributed by atoms with Gasteiger partial charge in [0.1, 0.15) is 6.04 Å². The molecule has 1 heterocycles. The van der Waals surface area contributed by atoms with Crippen LogP contribution in [-0.4, -0.2) is 25.0 Å². The van der Waals surface area contributed by atoms with Crippen LogP contribution < -0.4 is 16.0 Å². The Morgan fingerprint density at radius 2 is 1.77 bits per heavy atom. The van der Waals surface area contributed by atoms with Crippen molar-refractivity contribution >= 4 is 52.3 Å². The number of carbonyl (C=O) groups excluding carboxylic acids is 1. The normalized spacial score (nSPS) is 17.0. The Hall–Kier alpha value is -1.27. The smallest absolute Gasteiger partial charge is 0.241 e. The van der Waals surface area contributed by atoms with Crippen LogP contribution in [0, 0.1) is 6.92 Å². The molecular weight excluding hydrogens is 437 g/mol. The third-order valence-corrected chi connectivity index (χ3v) is 4.97. The zero-order valence-electron chi connectivity index (χ0n) is 14.5. The van der Waals surface area contributed by atoms with Crippen molar-refractivity contribution in [3.8, 4) is 0 Å². The Balaban J connectivity index is 0.00000169. The van der Waals surface area contributed by atoms with E-state index in [2.05, 4.69) is 38.3 Å². The van der Waals surface area contributed by atoms with E-state index in [9.17, 15) is 4.79 Å². The largest absolute Gasteiger partial charge is 0.369 e. The molecule has 1 aliphatic rings. The van der Waals surface area contributed by atoms with Crippen LogP contribution in [0.1, 0.15) is 23.6 Å². The number of nitrogens with one attached hydrogen (secondary N) is 1. The van der Waals surface area contributed by atoms with Crippen molar-refractivity contribution in [2.45, 2.75) is 25.4 Å². The molecule has 142 valence electrons. The zero-order chi connectivity index (χ0) is 17.1. The minimum absolute atomic E-state index is 0. The number of amides is 1. The molecule has 3 N–H and O–H groups in total. The van der Waals surface area contributed by atoms with E-state index in [1.807, 2.05) is 43.3 Å². The van der Waals surface area contributed by atoms with E-state index in [0.717, 1.165) is 35.1 Å². The molecule has 0 radical (unpaired) electrons. The van der Waals surface area contributed by atoms with Crippen LogP contribution in [-0.2, 0) is 4.79 Å². The van der Waals surface area contributed by atoms with Crippen molar-refractivity contribution in [2.24, 2.45) is 5.73 Å². The van der Waals surface area contributed by atoms with E-state index in [0.29, 0.717) is 0 Å². The summed E-state index contributed by atoms with van der Waals surface area (Å²) in [6.07, 6.45) is 0.933. The highest BCUT2D eigenvalue weighted by molar-refractivity contribution is 9.10. The number of anilines is 1. The molecule has 0 spiro atoms. The van der Waals surface area contributed by atoms with Crippen LogP contribution in [0.25, 0.3) is 0 Å². The predicted molar refractivity (Wildman–Crippen MR) is 116 cm³/mol. The summed E-state index contributed by atoms with van der Waals surface area (Å²) < 4.78 is 1.07. The molecule has 3 rings (SSSR count). The van der Waals surface area contributed by atoms with Crippen LogP contribution in [0.15, 0.2) is 53.0 Å². The molecule has 0 saturated carbocycles. The molecule has 0 aliphatic carbocycles. The van der Waals surface area contributed by atoms with E-state index < -0.39 is 6.04 Å². The lowest BCUT2D eigenvalue weighted by molar-refractivity contribution is -0.123. The van der Waals surface area contributed by atoms with E-state index in [-0.39, 0.29) is 36.8 Å². The van der Waals surface area contributed by atoms with Crippen molar-refractivity contribution in [3.63, 3.8) is 0 Å². The topological polar surface area (TPSA) is 58.4 Å². The summed E-state index contributed by atoms with van der Waals surface area (Å²) in [6.45, 7) is 3.77. The minimum atomic E-state index is -0.618. The second-order valence-corrected chi connectivity index (χ2v) is 7.22. The average Bonchev–Trinajstić information content (AvgIpc) is 3.04. The number of aryl methyl sites for hydroxylation is 1. The quantitative estimate of drug-likeness (QED) is 0.724. The number of nitrogens with two attached hydrogens (primary N) is 1. The van der Waals surface area contributed by atoms with Crippen molar-refractivity contribution < 1.29 is 4.79 Å². The molecule has 7 heteroatoms. The third-order valence-electron chi connectivity index (χ3n) is 4.45. The molecular formula is C19H24BrCl2N3O.